The van der Waals surface area contributed by atoms with E-state index in [1.54, 1.807) is 49.5 Å². The molecule has 1 aliphatic rings. The predicted molar refractivity (Wildman–Crippen MR) is 107 cm³/mol. The molecule has 0 radical (unpaired) electrons. The number of amides is 1. The van der Waals surface area contributed by atoms with Crippen molar-refractivity contribution in [2.24, 2.45) is 13.0 Å². The van der Waals surface area contributed by atoms with Gasteiger partial charge in [-0.2, -0.15) is 4.80 Å². The number of aromatic nitrogens is 5. The summed E-state index contributed by atoms with van der Waals surface area (Å²) in [4.78, 5) is 18.5. The lowest BCUT2D eigenvalue weighted by Gasteiger charge is -2.23. The first-order valence-electron chi connectivity index (χ1n) is 9.46. The summed E-state index contributed by atoms with van der Waals surface area (Å²) in [7, 11) is 1.66. The summed E-state index contributed by atoms with van der Waals surface area (Å²) in [6.45, 7) is 0. The van der Waals surface area contributed by atoms with E-state index in [1.165, 1.54) is 4.80 Å². The third-order valence-electron chi connectivity index (χ3n) is 5.20. The molecule has 1 N–H and O–H groups in total. The average molecular weight is 433 g/mol. The molecule has 2 aromatic heterocycles. The number of tetrazole rings is 1. The molecule has 0 spiro atoms. The van der Waals surface area contributed by atoms with Crippen LogP contribution in [0.1, 0.15) is 30.7 Å². The van der Waals surface area contributed by atoms with E-state index in [1.807, 2.05) is 0 Å². The molecule has 1 amide bonds. The van der Waals surface area contributed by atoms with Crippen molar-refractivity contribution in [1.29, 1.82) is 0 Å². The van der Waals surface area contributed by atoms with E-state index in [0.29, 0.717) is 11.4 Å². The van der Waals surface area contributed by atoms with Crippen LogP contribution in [0.2, 0.25) is 5.15 Å². The van der Waals surface area contributed by atoms with Crippen molar-refractivity contribution < 1.29 is 13.6 Å². The quantitative estimate of drug-likeness (QED) is 0.614. The van der Waals surface area contributed by atoms with E-state index in [9.17, 15) is 13.6 Å². The summed E-state index contributed by atoms with van der Waals surface area (Å²) in [5.74, 6) is -3.66. The van der Waals surface area contributed by atoms with Gasteiger partial charge in [0.1, 0.15) is 11.0 Å². The lowest BCUT2D eigenvalue weighted by Crippen LogP contribution is -2.27. The number of aryl methyl sites for hydroxylation is 1. The maximum absolute atomic E-state index is 13.9. The topological polar surface area (TPSA) is 85.6 Å². The number of halogens is 3. The van der Waals surface area contributed by atoms with Crippen LogP contribution in [0.25, 0.3) is 11.4 Å². The molecule has 0 aliphatic heterocycles. The highest BCUT2D eigenvalue weighted by Gasteiger charge is 2.45. The Labute approximate surface area is 176 Å². The molecule has 156 valence electrons. The molecule has 0 bridgehead atoms. The van der Waals surface area contributed by atoms with Crippen LogP contribution in [0.3, 0.4) is 0 Å². The summed E-state index contributed by atoms with van der Waals surface area (Å²) >= 11 is 5.89. The summed E-state index contributed by atoms with van der Waals surface area (Å²) < 4.78 is 27.8. The van der Waals surface area contributed by atoms with E-state index in [0.717, 1.165) is 5.56 Å². The molecule has 3 aromatic rings. The highest BCUT2D eigenvalue weighted by atomic mass is 35.5. The van der Waals surface area contributed by atoms with Crippen LogP contribution in [0.4, 0.5) is 14.6 Å². The maximum Gasteiger partial charge on any atom is 0.248 e. The number of alkyl halides is 2. The molecule has 0 saturated heterocycles. The lowest BCUT2D eigenvalue weighted by atomic mass is 9.83. The largest absolute Gasteiger partial charge is 0.310 e. The predicted octanol–water partition coefficient (Wildman–Crippen LogP) is 4.08. The van der Waals surface area contributed by atoms with E-state index in [4.69, 9.17) is 11.6 Å². The van der Waals surface area contributed by atoms with E-state index in [-0.39, 0.29) is 30.2 Å². The van der Waals surface area contributed by atoms with E-state index in [2.05, 4.69) is 25.7 Å². The van der Waals surface area contributed by atoms with Crippen LogP contribution < -0.4 is 5.32 Å². The molecule has 2 heterocycles. The van der Waals surface area contributed by atoms with Gasteiger partial charge in [-0.1, -0.05) is 41.9 Å². The maximum atomic E-state index is 13.9. The number of hydrogen-bond acceptors (Lipinski definition) is 5. The Morgan fingerprint density at radius 3 is 2.63 bits per heavy atom. The van der Waals surface area contributed by atoms with Crippen molar-refractivity contribution in [3.8, 4) is 11.4 Å². The smallest absolute Gasteiger partial charge is 0.248 e. The van der Waals surface area contributed by atoms with Gasteiger partial charge in [-0.3, -0.25) is 4.79 Å². The molecule has 7 nitrogen and oxygen atoms in total. The second kappa shape index (κ2) is 8.06. The van der Waals surface area contributed by atoms with Crippen LogP contribution in [0.15, 0.2) is 42.5 Å². The zero-order chi connectivity index (χ0) is 21.3. The van der Waals surface area contributed by atoms with Crippen molar-refractivity contribution >= 4 is 23.3 Å². The van der Waals surface area contributed by atoms with Gasteiger partial charge in [-0.05, 0) is 35.2 Å². The average Bonchev–Trinajstić information content (AvgIpc) is 3.28. The van der Waals surface area contributed by atoms with Gasteiger partial charge in [0.25, 0.3) is 0 Å². The summed E-state index contributed by atoms with van der Waals surface area (Å²) in [5.41, 5.74) is 1.36. The zero-order valence-corrected chi connectivity index (χ0v) is 16.9. The SMILES string of the molecule is Cn1nnc(-c2ccc(C(C(=O)Nc3cccc(Cl)n3)C3CCC(F)(F)C3)cc2)n1. The second-order valence-electron chi connectivity index (χ2n) is 7.40. The molecular weight excluding hydrogens is 414 g/mol. The number of pyridine rings is 1. The fraction of sp³-hybridized carbons (Fsp3) is 0.350. The van der Waals surface area contributed by atoms with Gasteiger partial charge < -0.3 is 5.32 Å². The Morgan fingerprint density at radius 1 is 1.27 bits per heavy atom. The third kappa shape index (κ3) is 4.46. The Balaban J connectivity index is 1.62. The number of anilines is 1. The Bertz CT molecular complexity index is 1060. The number of carbonyl (C=O) groups is 1. The van der Waals surface area contributed by atoms with Gasteiger partial charge in [0, 0.05) is 18.4 Å². The lowest BCUT2D eigenvalue weighted by molar-refractivity contribution is -0.118. The molecule has 30 heavy (non-hydrogen) atoms. The summed E-state index contributed by atoms with van der Waals surface area (Å²) in [6, 6.07) is 11.9. The molecule has 4 rings (SSSR count). The van der Waals surface area contributed by atoms with Crippen molar-refractivity contribution in [3.05, 3.63) is 53.2 Å². The first-order valence-corrected chi connectivity index (χ1v) is 9.84. The van der Waals surface area contributed by atoms with Crippen molar-refractivity contribution in [2.45, 2.75) is 31.1 Å². The summed E-state index contributed by atoms with van der Waals surface area (Å²) in [6.07, 6.45) is -0.290. The molecule has 1 saturated carbocycles. The van der Waals surface area contributed by atoms with Gasteiger partial charge in [-0.15, -0.1) is 10.2 Å². The fourth-order valence-corrected chi connectivity index (χ4v) is 3.99. The number of nitrogens with one attached hydrogen (secondary N) is 1. The van der Waals surface area contributed by atoms with Gasteiger partial charge in [0.15, 0.2) is 0 Å². The summed E-state index contributed by atoms with van der Waals surface area (Å²) in [5, 5.41) is 14.9. The van der Waals surface area contributed by atoms with Crippen LogP contribution in [-0.4, -0.2) is 37.0 Å². The Hall–Kier alpha value is -2.94. The number of benzene rings is 1. The monoisotopic (exact) mass is 432 g/mol. The molecule has 1 fully saturated rings. The Kier molecular flexibility index (Phi) is 5.46. The molecule has 2 unspecified atom stereocenters. The van der Waals surface area contributed by atoms with Crippen LogP contribution >= 0.6 is 11.6 Å². The third-order valence-corrected chi connectivity index (χ3v) is 5.41. The van der Waals surface area contributed by atoms with Crippen LogP contribution in [0.5, 0.6) is 0 Å². The zero-order valence-electron chi connectivity index (χ0n) is 16.1. The molecule has 10 heteroatoms. The number of rotatable bonds is 5. The normalized spacial score (nSPS) is 18.9. The van der Waals surface area contributed by atoms with Crippen LogP contribution in [0, 0.1) is 5.92 Å². The second-order valence-corrected chi connectivity index (χ2v) is 7.78. The van der Waals surface area contributed by atoms with Gasteiger partial charge in [0.05, 0.1) is 13.0 Å². The fourth-order valence-electron chi connectivity index (χ4n) is 3.83. The molecule has 1 aromatic carbocycles. The number of nitrogens with zero attached hydrogens (tertiary/aromatic N) is 5. The number of carbonyl (C=O) groups excluding carboxylic acids is 1. The molecule has 2 atom stereocenters. The minimum atomic E-state index is -2.76. The molecule has 1 aliphatic carbocycles. The molecular formula is C20H19ClF2N6O. The minimum Gasteiger partial charge on any atom is -0.310 e. The highest BCUT2D eigenvalue weighted by Crippen LogP contribution is 2.45. The van der Waals surface area contributed by atoms with Gasteiger partial charge >= 0.3 is 0 Å². The minimum absolute atomic E-state index is 0.224. The van der Waals surface area contributed by atoms with E-state index >= 15 is 0 Å². The van der Waals surface area contributed by atoms with Crippen molar-refractivity contribution in [2.75, 3.05) is 5.32 Å². The number of hydrogen-bond donors (Lipinski definition) is 1. The van der Waals surface area contributed by atoms with Gasteiger partial charge in [0.2, 0.25) is 17.7 Å². The first-order chi connectivity index (χ1) is 14.3. The Morgan fingerprint density at radius 2 is 2.03 bits per heavy atom. The van der Waals surface area contributed by atoms with Gasteiger partial charge in [-0.25, -0.2) is 13.8 Å². The standard InChI is InChI=1S/C20H19ClF2N6O/c1-29-27-18(26-28-29)13-7-5-12(6-8-13)17(14-9-10-20(22,23)11-14)19(30)25-16-4-2-3-15(21)24-16/h2-8,14,17H,9-11H2,1H3,(H,24,25,30). The van der Waals surface area contributed by atoms with E-state index < -0.39 is 23.7 Å². The van der Waals surface area contributed by atoms with Crippen molar-refractivity contribution in [3.63, 3.8) is 0 Å². The van der Waals surface area contributed by atoms with Crippen molar-refractivity contribution in [1.82, 2.24) is 25.2 Å². The van der Waals surface area contributed by atoms with Crippen LogP contribution in [-0.2, 0) is 11.8 Å². The highest BCUT2D eigenvalue weighted by molar-refractivity contribution is 6.29. The first kappa shape index (κ1) is 20.3.